The summed E-state index contributed by atoms with van der Waals surface area (Å²) < 4.78 is 0. The average molecular weight is 219 g/mol. The number of nitrogens with zero attached hydrogens (tertiary/aromatic N) is 3. The summed E-state index contributed by atoms with van der Waals surface area (Å²) in [6, 6.07) is 0. The van der Waals surface area contributed by atoms with Gasteiger partial charge in [-0.2, -0.15) is 0 Å². The number of carbonyl (C=O) groups excluding carboxylic acids is 1. The zero-order valence-electron chi connectivity index (χ0n) is 9.81. The van der Waals surface area contributed by atoms with Crippen LogP contribution in [0.4, 0.5) is 0 Å². The van der Waals surface area contributed by atoms with Gasteiger partial charge in [0.25, 0.3) is 0 Å². The quantitative estimate of drug-likeness (QED) is 0.650. The molecule has 1 saturated heterocycles. The Morgan fingerprint density at radius 1 is 1.31 bits per heavy atom. The summed E-state index contributed by atoms with van der Waals surface area (Å²) >= 11 is 0. The minimum atomic E-state index is 0.152. The first-order valence-electron chi connectivity index (χ1n) is 5.53. The predicted octanol–water partition coefficient (Wildman–Crippen LogP) is 0.675. The van der Waals surface area contributed by atoms with Gasteiger partial charge in [0.1, 0.15) is 0 Å². The Hall–Kier alpha value is -1.42. The minimum Gasteiger partial charge on any atom is -0.309 e. The molecule has 0 atom stereocenters. The Morgan fingerprint density at radius 3 is 2.88 bits per heavy atom. The highest BCUT2D eigenvalue weighted by atomic mass is 16.2. The fourth-order valence-corrected chi connectivity index (χ4v) is 1.83. The molecule has 4 nitrogen and oxygen atoms in total. The van der Waals surface area contributed by atoms with Gasteiger partial charge in [-0.15, -0.1) is 0 Å². The third-order valence-electron chi connectivity index (χ3n) is 2.83. The van der Waals surface area contributed by atoms with Gasteiger partial charge < -0.3 is 4.90 Å². The first kappa shape index (κ1) is 11.1. The second-order valence-corrected chi connectivity index (χ2v) is 4.36. The molecular weight excluding hydrogens is 202 g/mol. The van der Waals surface area contributed by atoms with Crippen LogP contribution in [0, 0.1) is 0 Å². The molecule has 2 aliphatic heterocycles. The third-order valence-corrected chi connectivity index (χ3v) is 2.83. The third kappa shape index (κ3) is 2.39. The van der Waals surface area contributed by atoms with Gasteiger partial charge >= 0.3 is 0 Å². The van der Waals surface area contributed by atoms with Crippen molar-refractivity contribution in [3.05, 3.63) is 23.4 Å². The number of likely N-dealkylation sites (N-methyl/N-ethyl adjacent to an activating group) is 1. The molecule has 2 heterocycles. The summed E-state index contributed by atoms with van der Waals surface area (Å²) in [6.45, 7) is 4.93. The molecule has 0 spiro atoms. The van der Waals surface area contributed by atoms with E-state index in [2.05, 4.69) is 4.99 Å². The lowest BCUT2D eigenvalue weighted by atomic mass is 10.2. The van der Waals surface area contributed by atoms with Crippen molar-refractivity contribution in [2.75, 3.05) is 33.2 Å². The highest BCUT2D eigenvalue weighted by Crippen LogP contribution is 2.11. The van der Waals surface area contributed by atoms with E-state index in [4.69, 9.17) is 0 Å². The summed E-state index contributed by atoms with van der Waals surface area (Å²) in [7, 11) is 1.97. The van der Waals surface area contributed by atoms with E-state index in [1.807, 2.05) is 35.9 Å². The predicted molar refractivity (Wildman–Crippen MR) is 64.4 cm³/mol. The van der Waals surface area contributed by atoms with E-state index in [0.29, 0.717) is 6.54 Å². The molecular formula is C12H17N3O. The van der Waals surface area contributed by atoms with Crippen molar-refractivity contribution in [2.45, 2.75) is 6.92 Å². The van der Waals surface area contributed by atoms with E-state index >= 15 is 0 Å². The zero-order valence-corrected chi connectivity index (χ0v) is 9.81. The smallest absolute Gasteiger partial charge is 0.241 e. The summed E-state index contributed by atoms with van der Waals surface area (Å²) in [5, 5.41) is 0. The second-order valence-electron chi connectivity index (χ2n) is 4.36. The molecule has 4 heteroatoms. The van der Waals surface area contributed by atoms with Crippen LogP contribution in [0.2, 0.25) is 0 Å². The number of allylic oxidation sites excluding steroid dienone is 3. The molecule has 0 bridgehead atoms. The maximum absolute atomic E-state index is 11.9. The standard InChI is InChI=1S/C12H17N3O/c1-10-3-4-11(8-13-7-10)15-6-5-14(2)9-12(15)16/h3-4,8H,5-7,9H2,1-2H3. The molecule has 0 saturated carbocycles. The lowest BCUT2D eigenvalue weighted by Gasteiger charge is -2.32. The first-order chi connectivity index (χ1) is 7.66. The van der Waals surface area contributed by atoms with Gasteiger partial charge in [-0.1, -0.05) is 11.6 Å². The van der Waals surface area contributed by atoms with Crippen LogP contribution in [0.25, 0.3) is 0 Å². The highest BCUT2D eigenvalue weighted by molar-refractivity contribution is 5.90. The van der Waals surface area contributed by atoms with E-state index in [-0.39, 0.29) is 5.91 Å². The van der Waals surface area contributed by atoms with E-state index < -0.39 is 0 Å². The van der Waals surface area contributed by atoms with Crippen LogP contribution in [0.5, 0.6) is 0 Å². The Kier molecular flexibility index (Phi) is 3.19. The Bertz CT molecular complexity index is 382. The molecule has 0 N–H and O–H groups in total. The van der Waals surface area contributed by atoms with Gasteiger partial charge in [0.05, 0.1) is 18.8 Å². The number of hydrogen-bond acceptors (Lipinski definition) is 3. The van der Waals surface area contributed by atoms with Gasteiger partial charge in [-0.05, 0) is 20.0 Å². The maximum Gasteiger partial charge on any atom is 0.241 e. The zero-order chi connectivity index (χ0) is 11.5. The molecule has 0 aromatic rings. The minimum absolute atomic E-state index is 0.152. The molecule has 0 aliphatic carbocycles. The van der Waals surface area contributed by atoms with Gasteiger partial charge in [-0.25, -0.2) is 0 Å². The fourth-order valence-electron chi connectivity index (χ4n) is 1.83. The molecule has 16 heavy (non-hydrogen) atoms. The summed E-state index contributed by atoms with van der Waals surface area (Å²) in [6.07, 6.45) is 5.82. The second kappa shape index (κ2) is 4.61. The molecule has 0 aromatic carbocycles. The normalized spacial score (nSPS) is 22.9. The molecule has 0 unspecified atom stereocenters. The largest absolute Gasteiger partial charge is 0.309 e. The van der Waals surface area contributed by atoms with E-state index in [1.54, 1.807) is 6.21 Å². The van der Waals surface area contributed by atoms with Gasteiger partial charge in [0.15, 0.2) is 0 Å². The average Bonchev–Trinajstić information content (AvgIpc) is 2.43. The molecule has 0 radical (unpaired) electrons. The molecule has 1 fully saturated rings. The van der Waals surface area contributed by atoms with Gasteiger partial charge in [0.2, 0.25) is 5.91 Å². The van der Waals surface area contributed by atoms with Crippen molar-refractivity contribution in [3.8, 4) is 0 Å². The molecule has 2 aliphatic rings. The van der Waals surface area contributed by atoms with Crippen molar-refractivity contribution in [2.24, 2.45) is 4.99 Å². The number of aliphatic imine (C=N–C) groups is 1. The van der Waals surface area contributed by atoms with Crippen molar-refractivity contribution in [1.29, 1.82) is 0 Å². The Balaban J connectivity index is 2.16. The van der Waals surface area contributed by atoms with Crippen LogP contribution in [-0.4, -0.2) is 55.1 Å². The lowest BCUT2D eigenvalue weighted by Crippen LogP contribution is -2.48. The van der Waals surface area contributed by atoms with Gasteiger partial charge in [0, 0.05) is 19.3 Å². The van der Waals surface area contributed by atoms with E-state index in [1.165, 1.54) is 5.57 Å². The Labute approximate surface area is 95.9 Å². The fraction of sp³-hybridized carbons (Fsp3) is 0.500. The summed E-state index contributed by atoms with van der Waals surface area (Å²) in [5.74, 6) is 0.152. The summed E-state index contributed by atoms with van der Waals surface area (Å²) in [5.41, 5.74) is 2.13. The number of amides is 1. The van der Waals surface area contributed by atoms with Crippen LogP contribution in [0.3, 0.4) is 0 Å². The number of piperazine rings is 1. The SMILES string of the molecule is CC1=CC=C(N2CCN(C)CC2=O)C=NC1. The van der Waals surface area contributed by atoms with Crippen molar-refractivity contribution < 1.29 is 4.79 Å². The van der Waals surface area contributed by atoms with Crippen LogP contribution < -0.4 is 0 Å². The van der Waals surface area contributed by atoms with Gasteiger partial charge in [-0.3, -0.25) is 14.7 Å². The number of carbonyl (C=O) groups is 1. The highest BCUT2D eigenvalue weighted by Gasteiger charge is 2.23. The van der Waals surface area contributed by atoms with Crippen LogP contribution >= 0.6 is 0 Å². The van der Waals surface area contributed by atoms with Crippen molar-refractivity contribution in [1.82, 2.24) is 9.80 Å². The summed E-state index contributed by atoms with van der Waals surface area (Å²) in [4.78, 5) is 20.0. The van der Waals surface area contributed by atoms with E-state index in [9.17, 15) is 4.79 Å². The van der Waals surface area contributed by atoms with E-state index in [0.717, 1.165) is 25.3 Å². The topological polar surface area (TPSA) is 35.9 Å². The number of hydrogen-bond donors (Lipinski definition) is 0. The van der Waals surface area contributed by atoms with Crippen molar-refractivity contribution >= 4 is 12.1 Å². The molecule has 86 valence electrons. The monoisotopic (exact) mass is 219 g/mol. The van der Waals surface area contributed by atoms with Crippen LogP contribution in [0.15, 0.2) is 28.4 Å². The molecule has 0 aromatic heterocycles. The maximum atomic E-state index is 11.9. The molecule has 1 amide bonds. The first-order valence-corrected chi connectivity index (χ1v) is 5.53. The lowest BCUT2D eigenvalue weighted by molar-refractivity contribution is -0.132. The molecule has 2 rings (SSSR count). The number of rotatable bonds is 1. The van der Waals surface area contributed by atoms with Crippen LogP contribution in [0.1, 0.15) is 6.92 Å². The Morgan fingerprint density at radius 2 is 2.12 bits per heavy atom. The van der Waals surface area contributed by atoms with Crippen LogP contribution in [-0.2, 0) is 4.79 Å². The van der Waals surface area contributed by atoms with Crippen molar-refractivity contribution in [3.63, 3.8) is 0 Å².